The molecule has 2 aromatic rings. The molecule has 8 nitrogen and oxygen atoms in total. The number of nitrogens with two attached hydrogens (primary N) is 1. The average molecular weight is 330 g/mol. The predicted octanol–water partition coefficient (Wildman–Crippen LogP) is -0.188. The minimum absolute atomic E-state index is 0.138. The van der Waals surface area contributed by atoms with Gasteiger partial charge in [-0.25, -0.2) is 15.0 Å². The van der Waals surface area contributed by atoms with E-state index < -0.39 is 12.3 Å². The van der Waals surface area contributed by atoms with Crippen molar-refractivity contribution in [1.29, 1.82) is 0 Å². The summed E-state index contributed by atoms with van der Waals surface area (Å²) in [5.41, 5.74) is 6.68. The molecule has 1 aliphatic rings. The lowest BCUT2D eigenvalue weighted by atomic mass is 10.2. The monoisotopic (exact) mass is 329 g/mol. The van der Waals surface area contributed by atoms with E-state index in [9.17, 15) is 5.11 Å². The SMILES string of the molecule is Nc1nc(Br)nc2c1ncn2C1OC(CO)CC1O. The molecule has 0 bridgehead atoms. The number of aromatic nitrogens is 4. The second-order valence-electron chi connectivity index (χ2n) is 4.34. The Balaban J connectivity index is 2.06. The minimum Gasteiger partial charge on any atom is -0.394 e. The van der Waals surface area contributed by atoms with Crippen LogP contribution >= 0.6 is 15.9 Å². The maximum atomic E-state index is 9.99. The number of aliphatic hydroxyl groups excluding tert-OH is 2. The van der Waals surface area contributed by atoms with Gasteiger partial charge in [0, 0.05) is 6.42 Å². The van der Waals surface area contributed by atoms with E-state index in [0.717, 1.165) is 0 Å². The van der Waals surface area contributed by atoms with Crippen LogP contribution in [0.2, 0.25) is 0 Å². The number of nitrogen functional groups attached to an aromatic ring is 1. The first-order chi connectivity index (χ1) is 9.10. The highest BCUT2D eigenvalue weighted by Gasteiger charge is 2.36. The molecule has 102 valence electrons. The van der Waals surface area contributed by atoms with Crippen molar-refractivity contribution in [2.75, 3.05) is 12.3 Å². The lowest BCUT2D eigenvalue weighted by molar-refractivity contribution is -0.0487. The van der Waals surface area contributed by atoms with Crippen molar-refractivity contribution < 1.29 is 14.9 Å². The average Bonchev–Trinajstić information content (AvgIpc) is 2.92. The first-order valence-corrected chi connectivity index (χ1v) is 6.49. The van der Waals surface area contributed by atoms with Crippen LogP contribution in [0.4, 0.5) is 5.82 Å². The Hall–Kier alpha value is -1.29. The third-order valence-corrected chi connectivity index (χ3v) is 3.42. The van der Waals surface area contributed by atoms with Gasteiger partial charge in [-0.15, -0.1) is 0 Å². The lowest BCUT2D eigenvalue weighted by Gasteiger charge is -2.16. The van der Waals surface area contributed by atoms with Gasteiger partial charge in [0.1, 0.15) is 11.6 Å². The molecule has 3 heterocycles. The molecule has 0 radical (unpaired) electrons. The summed E-state index contributed by atoms with van der Waals surface area (Å²) in [5.74, 6) is 0.252. The van der Waals surface area contributed by atoms with Crippen LogP contribution in [0.3, 0.4) is 0 Å². The van der Waals surface area contributed by atoms with E-state index in [1.54, 1.807) is 4.57 Å². The molecule has 2 aromatic heterocycles. The molecule has 0 aliphatic carbocycles. The quantitative estimate of drug-likeness (QED) is 0.653. The Morgan fingerprint density at radius 2 is 2.32 bits per heavy atom. The Morgan fingerprint density at radius 3 is 3.00 bits per heavy atom. The van der Waals surface area contributed by atoms with Crippen molar-refractivity contribution in [3.8, 4) is 0 Å². The van der Waals surface area contributed by atoms with Crippen LogP contribution in [-0.2, 0) is 4.74 Å². The molecular formula is C10H12BrN5O3. The highest BCUT2D eigenvalue weighted by molar-refractivity contribution is 9.10. The fourth-order valence-electron chi connectivity index (χ4n) is 2.19. The molecule has 3 rings (SSSR count). The molecule has 3 unspecified atom stereocenters. The third-order valence-electron chi connectivity index (χ3n) is 3.06. The summed E-state index contributed by atoms with van der Waals surface area (Å²) in [6.07, 6.45) is 0.103. The number of imidazole rings is 1. The van der Waals surface area contributed by atoms with Crippen LogP contribution in [0.5, 0.6) is 0 Å². The van der Waals surface area contributed by atoms with Gasteiger partial charge in [0.05, 0.1) is 19.0 Å². The fourth-order valence-corrected chi connectivity index (χ4v) is 2.55. The molecule has 9 heteroatoms. The number of ether oxygens (including phenoxy) is 1. The number of nitrogens with zero attached hydrogens (tertiary/aromatic N) is 4. The largest absolute Gasteiger partial charge is 0.394 e. The highest BCUT2D eigenvalue weighted by atomic mass is 79.9. The van der Waals surface area contributed by atoms with Gasteiger partial charge < -0.3 is 20.7 Å². The molecule has 3 atom stereocenters. The van der Waals surface area contributed by atoms with Crippen LogP contribution in [0.25, 0.3) is 11.2 Å². The number of aliphatic hydroxyl groups is 2. The van der Waals surface area contributed by atoms with Crippen molar-refractivity contribution in [3.63, 3.8) is 0 Å². The maximum Gasteiger partial charge on any atom is 0.200 e. The van der Waals surface area contributed by atoms with Crippen LogP contribution in [-0.4, -0.2) is 48.5 Å². The highest BCUT2D eigenvalue weighted by Crippen LogP contribution is 2.31. The van der Waals surface area contributed by atoms with E-state index in [-0.39, 0.29) is 18.5 Å². The molecule has 0 spiro atoms. The molecule has 0 amide bonds. The number of hydrogen-bond acceptors (Lipinski definition) is 7. The van der Waals surface area contributed by atoms with E-state index >= 15 is 0 Å². The first kappa shape index (κ1) is 12.7. The van der Waals surface area contributed by atoms with Crippen molar-refractivity contribution >= 4 is 32.9 Å². The second-order valence-corrected chi connectivity index (χ2v) is 5.05. The van der Waals surface area contributed by atoms with E-state index in [1.165, 1.54) is 6.33 Å². The van der Waals surface area contributed by atoms with Crippen molar-refractivity contribution in [3.05, 3.63) is 11.1 Å². The number of halogens is 1. The minimum atomic E-state index is -0.732. The number of hydrogen-bond donors (Lipinski definition) is 3. The normalized spacial score (nSPS) is 27.2. The molecule has 1 fully saturated rings. The van der Waals surface area contributed by atoms with Crippen molar-refractivity contribution in [2.24, 2.45) is 0 Å². The lowest BCUT2D eigenvalue weighted by Crippen LogP contribution is -2.19. The van der Waals surface area contributed by atoms with Gasteiger partial charge in [-0.3, -0.25) is 4.57 Å². The molecule has 4 N–H and O–H groups in total. The van der Waals surface area contributed by atoms with Gasteiger partial charge in [0.25, 0.3) is 0 Å². The summed E-state index contributed by atoms with van der Waals surface area (Å²) >= 11 is 3.16. The number of anilines is 1. The summed E-state index contributed by atoms with van der Waals surface area (Å²) in [7, 11) is 0. The zero-order valence-corrected chi connectivity index (χ0v) is 11.4. The van der Waals surface area contributed by atoms with E-state index in [1.807, 2.05) is 0 Å². The third kappa shape index (κ3) is 2.08. The van der Waals surface area contributed by atoms with Crippen molar-refractivity contribution in [1.82, 2.24) is 19.5 Å². The Bertz CT molecular complexity index is 618. The van der Waals surface area contributed by atoms with Gasteiger partial charge in [-0.1, -0.05) is 0 Å². The van der Waals surface area contributed by atoms with Crippen LogP contribution in [0.1, 0.15) is 12.6 Å². The topological polar surface area (TPSA) is 119 Å². The van der Waals surface area contributed by atoms with Crippen LogP contribution < -0.4 is 5.73 Å². The Morgan fingerprint density at radius 1 is 1.53 bits per heavy atom. The van der Waals surface area contributed by atoms with Gasteiger partial charge in [-0.2, -0.15) is 0 Å². The number of rotatable bonds is 2. The number of fused-ring (bicyclic) bond motifs is 1. The van der Waals surface area contributed by atoms with Gasteiger partial charge in [0.2, 0.25) is 4.73 Å². The zero-order chi connectivity index (χ0) is 13.6. The fraction of sp³-hybridized carbons (Fsp3) is 0.500. The van der Waals surface area contributed by atoms with Crippen LogP contribution in [0.15, 0.2) is 11.1 Å². The molecular weight excluding hydrogens is 318 g/mol. The van der Waals surface area contributed by atoms with E-state index in [0.29, 0.717) is 22.3 Å². The molecule has 0 aromatic carbocycles. The summed E-state index contributed by atoms with van der Waals surface area (Å²) in [5, 5.41) is 19.1. The summed E-state index contributed by atoms with van der Waals surface area (Å²) in [6.45, 7) is -0.138. The molecule has 0 saturated carbocycles. The van der Waals surface area contributed by atoms with Gasteiger partial charge >= 0.3 is 0 Å². The van der Waals surface area contributed by atoms with Gasteiger partial charge in [0.15, 0.2) is 17.7 Å². The summed E-state index contributed by atoms with van der Waals surface area (Å²) in [4.78, 5) is 12.3. The standard InChI is InChI=1S/C10H12BrN5O3/c11-10-14-7(12)6-8(15-10)16(3-13-6)9-5(18)1-4(2-17)19-9/h3-5,9,17-18H,1-2H2,(H2,12,14,15). The second kappa shape index (κ2) is 4.67. The smallest absolute Gasteiger partial charge is 0.200 e. The van der Waals surface area contributed by atoms with Crippen molar-refractivity contribution in [2.45, 2.75) is 24.9 Å². The summed E-state index contributed by atoms with van der Waals surface area (Å²) in [6, 6.07) is 0. The molecule has 1 saturated heterocycles. The summed E-state index contributed by atoms with van der Waals surface area (Å²) < 4.78 is 7.50. The van der Waals surface area contributed by atoms with Gasteiger partial charge in [-0.05, 0) is 15.9 Å². The Kier molecular flexibility index (Phi) is 3.13. The Labute approximate surface area is 116 Å². The first-order valence-electron chi connectivity index (χ1n) is 5.70. The maximum absolute atomic E-state index is 9.99. The van der Waals surface area contributed by atoms with E-state index in [2.05, 4.69) is 30.9 Å². The molecule has 1 aliphatic heterocycles. The molecule has 19 heavy (non-hydrogen) atoms. The predicted molar refractivity (Wildman–Crippen MR) is 69.1 cm³/mol. The van der Waals surface area contributed by atoms with E-state index in [4.69, 9.17) is 15.6 Å². The van der Waals surface area contributed by atoms with Crippen LogP contribution in [0, 0.1) is 0 Å². The zero-order valence-electron chi connectivity index (χ0n) is 9.77.